The first-order chi connectivity index (χ1) is 8.18. The summed E-state index contributed by atoms with van der Waals surface area (Å²) in [4.78, 5) is 4.38. The molecule has 1 saturated carbocycles. The smallest absolute Gasteiger partial charge is 0.150 e. The first-order valence-electron chi connectivity index (χ1n) is 5.56. The van der Waals surface area contributed by atoms with Gasteiger partial charge in [0, 0.05) is 11.5 Å². The second-order valence-corrected chi connectivity index (χ2v) is 4.33. The van der Waals surface area contributed by atoms with Crippen LogP contribution in [-0.4, -0.2) is 9.66 Å². The molecule has 1 aliphatic rings. The fraction of sp³-hybridized carbons (Fsp3) is 0.250. The zero-order valence-electron chi connectivity index (χ0n) is 9.23. The van der Waals surface area contributed by atoms with Gasteiger partial charge in [-0.1, -0.05) is 12.1 Å². The molecule has 0 spiro atoms. The predicted octanol–water partition coefficient (Wildman–Crippen LogP) is 1.86. The van der Waals surface area contributed by atoms with Gasteiger partial charge in [0.05, 0.1) is 0 Å². The molecule has 1 aromatic heterocycles. The molecule has 88 valence electrons. The zero-order valence-corrected chi connectivity index (χ0v) is 9.23. The van der Waals surface area contributed by atoms with Crippen molar-refractivity contribution < 1.29 is 4.39 Å². The molecule has 0 unspecified atom stereocenters. The van der Waals surface area contributed by atoms with Crippen molar-refractivity contribution in [3.05, 3.63) is 35.9 Å². The number of benzene rings is 1. The minimum absolute atomic E-state index is 0.317. The molecule has 1 heterocycles. The van der Waals surface area contributed by atoms with Crippen LogP contribution >= 0.6 is 0 Å². The van der Waals surface area contributed by atoms with E-state index in [2.05, 4.69) is 4.98 Å². The Bertz CT molecular complexity index is 572. The Kier molecular flexibility index (Phi) is 2.07. The summed E-state index contributed by atoms with van der Waals surface area (Å²) in [6, 6.07) is 6.44. The molecular weight excluding hydrogens is 219 g/mol. The lowest BCUT2D eigenvalue weighted by molar-refractivity contribution is 0.631. The van der Waals surface area contributed by atoms with Crippen molar-refractivity contribution in [2.45, 2.75) is 18.8 Å². The molecule has 0 bridgehead atoms. The lowest BCUT2D eigenvalue weighted by Gasteiger charge is -2.01. The highest BCUT2D eigenvalue weighted by Crippen LogP contribution is 2.41. The molecule has 4 nitrogen and oxygen atoms in total. The predicted molar refractivity (Wildman–Crippen MR) is 64.2 cm³/mol. The molecule has 1 fully saturated rings. The van der Waals surface area contributed by atoms with Crippen LogP contribution in [0, 0.1) is 5.82 Å². The van der Waals surface area contributed by atoms with Gasteiger partial charge in [-0.25, -0.2) is 14.1 Å². The standard InChI is InChI=1S/C12H13FN4/c13-9-4-2-1-3-8(9)10-11(14)17(15)12(16-10)7-5-6-7/h1-4,7H,5-6,14-15H2. The van der Waals surface area contributed by atoms with Crippen LogP contribution in [0.15, 0.2) is 24.3 Å². The molecule has 1 aliphatic carbocycles. The minimum Gasteiger partial charge on any atom is -0.382 e. The van der Waals surface area contributed by atoms with Gasteiger partial charge in [0.25, 0.3) is 0 Å². The van der Waals surface area contributed by atoms with Crippen LogP contribution in [0.25, 0.3) is 11.3 Å². The SMILES string of the molecule is Nc1c(-c2ccccc2F)nc(C2CC2)n1N. The third kappa shape index (κ3) is 1.54. The maximum absolute atomic E-state index is 13.7. The summed E-state index contributed by atoms with van der Waals surface area (Å²) in [6.07, 6.45) is 2.15. The normalized spacial score (nSPS) is 15.1. The van der Waals surface area contributed by atoms with Crippen molar-refractivity contribution >= 4 is 5.82 Å². The molecule has 0 amide bonds. The van der Waals surface area contributed by atoms with E-state index in [-0.39, 0.29) is 5.82 Å². The highest BCUT2D eigenvalue weighted by Gasteiger charge is 2.30. The molecule has 5 heteroatoms. The third-order valence-electron chi connectivity index (χ3n) is 3.05. The van der Waals surface area contributed by atoms with E-state index in [1.54, 1.807) is 18.2 Å². The summed E-state index contributed by atoms with van der Waals surface area (Å²) in [6.45, 7) is 0. The molecule has 0 radical (unpaired) electrons. The van der Waals surface area contributed by atoms with E-state index >= 15 is 0 Å². The Morgan fingerprint density at radius 3 is 2.65 bits per heavy atom. The van der Waals surface area contributed by atoms with Crippen molar-refractivity contribution in [1.82, 2.24) is 9.66 Å². The highest BCUT2D eigenvalue weighted by molar-refractivity contribution is 5.71. The molecule has 3 rings (SSSR count). The number of anilines is 1. The van der Waals surface area contributed by atoms with E-state index in [1.807, 2.05) is 0 Å². The number of rotatable bonds is 2. The summed E-state index contributed by atoms with van der Waals surface area (Å²) >= 11 is 0. The van der Waals surface area contributed by atoms with E-state index in [0.717, 1.165) is 18.7 Å². The summed E-state index contributed by atoms with van der Waals surface area (Å²) in [7, 11) is 0. The summed E-state index contributed by atoms with van der Waals surface area (Å²) in [5.41, 5.74) is 6.72. The average Bonchev–Trinajstić information content (AvgIpc) is 3.11. The highest BCUT2D eigenvalue weighted by atomic mass is 19.1. The van der Waals surface area contributed by atoms with Crippen LogP contribution in [0.1, 0.15) is 24.6 Å². The van der Waals surface area contributed by atoms with Gasteiger partial charge in [-0.3, -0.25) is 0 Å². The van der Waals surface area contributed by atoms with E-state index in [0.29, 0.717) is 23.0 Å². The Hall–Kier alpha value is -2.04. The average molecular weight is 232 g/mol. The monoisotopic (exact) mass is 232 g/mol. The fourth-order valence-corrected chi connectivity index (χ4v) is 1.94. The maximum atomic E-state index is 13.7. The first kappa shape index (κ1) is 10.1. The molecule has 4 N–H and O–H groups in total. The Morgan fingerprint density at radius 2 is 2.00 bits per heavy atom. The second kappa shape index (κ2) is 3.48. The Labute approximate surface area is 98.0 Å². The minimum atomic E-state index is -0.334. The number of halogens is 1. The van der Waals surface area contributed by atoms with Crippen LogP contribution in [0.3, 0.4) is 0 Å². The van der Waals surface area contributed by atoms with Gasteiger partial charge in [0.1, 0.15) is 17.3 Å². The number of nitrogens with two attached hydrogens (primary N) is 2. The number of nitrogens with zero attached hydrogens (tertiary/aromatic N) is 2. The fourth-order valence-electron chi connectivity index (χ4n) is 1.94. The quantitative estimate of drug-likeness (QED) is 0.776. The van der Waals surface area contributed by atoms with Crippen LogP contribution in [0.5, 0.6) is 0 Å². The van der Waals surface area contributed by atoms with Gasteiger partial charge in [-0.05, 0) is 25.0 Å². The molecule has 0 saturated heterocycles. The summed E-state index contributed by atoms with van der Waals surface area (Å²) < 4.78 is 15.0. The van der Waals surface area contributed by atoms with Crippen molar-refractivity contribution in [1.29, 1.82) is 0 Å². The number of hydrogen-bond donors (Lipinski definition) is 2. The van der Waals surface area contributed by atoms with Gasteiger partial charge in [0.2, 0.25) is 0 Å². The Balaban J connectivity index is 2.15. The van der Waals surface area contributed by atoms with Crippen LogP contribution in [0.2, 0.25) is 0 Å². The number of imidazole rings is 1. The van der Waals surface area contributed by atoms with Crippen molar-refractivity contribution in [3.63, 3.8) is 0 Å². The van der Waals surface area contributed by atoms with Gasteiger partial charge < -0.3 is 11.6 Å². The topological polar surface area (TPSA) is 69.9 Å². The van der Waals surface area contributed by atoms with Gasteiger partial charge in [-0.15, -0.1) is 0 Å². The van der Waals surface area contributed by atoms with Gasteiger partial charge in [-0.2, -0.15) is 0 Å². The summed E-state index contributed by atoms with van der Waals surface area (Å²) in [5.74, 6) is 6.95. The van der Waals surface area contributed by atoms with E-state index in [9.17, 15) is 4.39 Å². The van der Waals surface area contributed by atoms with E-state index in [4.69, 9.17) is 11.6 Å². The van der Waals surface area contributed by atoms with Gasteiger partial charge >= 0.3 is 0 Å². The molecule has 0 atom stereocenters. The third-order valence-corrected chi connectivity index (χ3v) is 3.05. The van der Waals surface area contributed by atoms with Crippen LogP contribution in [-0.2, 0) is 0 Å². The Morgan fingerprint density at radius 1 is 1.29 bits per heavy atom. The number of hydrogen-bond acceptors (Lipinski definition) is 3. The lowest BCUT2D eigenvalue weighted by atomic mass is 10.1. The second-order valence-electron chi connectivity index (χ2n) is 4.33. The van der Waals surface area contributed by atoms with Crippen LogP contribution in [0.4, 0.5) is 10.2 Å². The lowest BCUT2D eigenvalue weighted by Crippen LogP contribution is -2.14. The maximum Gasteiger partial charge on any atom is 0.150 e. The molecule has 1 aromatic carbocycles. The van der Waals surface area contributed by atoms with Crippen molar-refractivity contribution in [3.8, 4) is 11.3 Å². The molecule has 17 heavy (non-hydrogen) atoms. The summed E-state index contributed by atoms with van der Waals surface area (Å²) in [5, 5.41) is 0. The van der Waals surface area contributed by atoms with Crippen LogP contribution < -0.4 is 11.6 Å². The number of nitrogen functional groups attached to an aromatic ring is 2. The zero-order chi connectivity index (χ0) is 12.0. The van der Waals surface area contributed by atoms with Crippen molar-refractivity contribution in [2.75, 3.05) is 11.6 Å². The van der Waals surface area contributed by atoms with E-state index < -0.39 is 0 Å². The first-order valence-corrected chi connectivity index (χ1v) is 5.56. The molecule has 2 aromatic rings. The van der Waals surface area contributed by atoms with Gasteiger partial charge in [0.15, 0.2) is 5.82 Å². The molecular formula is C12H13FN4. The van der Waals surface area contributed by atoms with E-state index in [1.165, 1.54) is 10.7 Å². The number of aromatic nitrogens is 2. The molecule has 0 aliphatic heterocycles. The largest absolute Gasteiger partial charge is 0.382 e. The van der Waals surface area contributed by atoms with Crippen molar-refractivity contribution in [2.24, 2.45) is 0 Å².